The van der Waals surface area contributed by atoms with Crippen LogP contribution < -0.4 is 15.0 Å². The molecule has 0 spiro atoms. The Labute approximate surface area is 159 Å². The number of hydrogen-bond donors (Lipinski definition) is 1. The Hall–Kier alpha value is -2.19. The fourth-order valence-electron chi connectivity index (χ4n) is 2.38. The van der Waals surface area contributed by atoms with Crippen LogP contribution in [0.3, 0.4) is 0 Å². The molecule has 3 rings (SSSR count). The molecule has 1 aliphatic heterocycles. The standard InChI is InChI=1S/C17H17ClN2O5S/c1-23-15(22)8-11-7-14(21)20-17(19-11)26-9-10-5-12(18)16-13(6-10)24-3-2-4-25-16/h5-7H,2-4,8-9H2,1H3,(H,19,20,21). The van der Waals surface area contributed by atoms with Gasteiger partial charge in [-0.1, -0.05) is 23.4 Å². The number of rotatable bonds is 5. The summed E-state index contributed by atoms with van der Waals surface area (Å²) in [7, 11) is 1.29. The van der Waals surface area contributed by atoms with Crippen LogP contribution in [0, 0.1) is 0 Å². The topological polar surface area (TPSA) is 90.5 Å². The molecule has 7 nitrogen and oxygen atoms in total. The minimum atomic E-state index is -0.450. The van der Waals surface area contributed by atoms with Crippen LogP contribution in [0.1, 0.15) is 17.7 Å². The summed E-state index contributed by atoms with van der Waals surface area (Å²) in [6, 6.07) is 4.96. The number of H-pyrrole nitrogens is 1. The first-order valence-electron chi connectivity index (χ1n) is 7.93. The number of benzene rings is 1. The molecule has 1 aromatic heterocycles. The Bertz CT molecular complexity index is 871. The monoisotopic (exact) mass is 396 g/mol. The fourth-order valence-corrected chi connectivity index (χ4v) is 3.49. The van der Waals surface area contributed by atoms with Gasteiger partial charge in [0.1, 0.15) is 0 Å². The van der Waals surface area contributed by atoms with Gasteiger partial charge in [0.25, 0.3) is 5.56 Å². The van der Waals surface area contributed by atoms with E-state index in [-0.39, 0.29) is 12.0 Å². The number of carbonyl (C=O) groups excluding carboxylic acids is 1. The zero-order valence-corrected chi connectivity index (χ0v) is 15.6. The molecule has 1 aromatic carbocycles. The highest BCUT2D eigenvalue weighted by atomic mass is 35.5. The molecule has 1 aliphatic rings. The zero-order chi connectivity index (χ0) is 18.5. The predicted molar refractivity (Wildman–Crippen MR) is 97.2 cm³/mol. The number of nitrogens with zero attached hydrogens (tertiary/aromatic N) is 1. The van der Waals surface area contributed by atoms with Crippen LogP contribution in [0.2, 0.25) is 5.02 Å². The van der Waals surface area contributed by atoms with E-state index in [0.29, 0.717) is 46.3 Å². The van der Waals surface area contributed by atoms with Gasteiger partial charge in [-0.25, -0.2) is 4.98 Å². The van der Waals surface area contributed by atoms with Gasteiger partial charge in [0.05, 0.1) is 37.5 Å². The summed E-state index contributed by atoms with van der Waals surface area (Å²) in [5.41, 5.74) is 0.947. The van der Waals surface area contributed by atoms with E-state index in [1.807, 2.05) is 6.07 Å². The van der Waals surface area contributed by atoms with Gasteiger partial charge in [0, 0.05) is 18.2 Å². The molecule has 1 N–H and O–H groups in total. The number of esters is 1. The van der Waals surface area contributed by atoms with Crippen molar-refractivity contribution in [2.75, 3.05) is 20.3 Å². The highest BCUT2D eigenvalue weighted by Gasteiger charge is 2.16. The van der Waals surface area contributed by atoms with Crippen LogP contribution in [0.4, 0.5) is 0 Å². The number of halogens is 1. The Morgan fingerprint density at radius 3 is 2.96 bits per heavy atom. The van der Waals surface area contributed by atoms with E-state index in [1.165, 1.54) is 24.9 Å². The van der Waals surface area contributed by atoms with Crippen LogP contribution in [-0.2, 0) is 21.7 Å². The van der Waals surface area contributed by atoms with Crippen LogP contribution >= 0.6 is 23.4 Å². The number of hydrogen-bond acceptors (Lipinski definition) is 7. The van der Waals surface area contributed by atoms with Gasteiger partial charge in [-0.15, -0.1) is 0 Å². The number of methoxy groups -OCH3 is 1. The van der Waals surface area contributed by atoms with Crippen LogP contribution in [0.5, 0.6) is 11.5 Å². The van der Waals surface area contributed by atoms with E-state index in [2.05, 4.69) is 14.7 Å². The molecule has 0 saturated carbocycles. The summed E-state index contributed by atoms with van der Waals surface area (Å²) in [5, 5.41) is 0.903. The van der Waals surface area contributed by atoms with Crippen molar-refractivity contribution in [1.29, 1.82) is 0 Å². The second-order valence-corrected chi connectivity index (χ2v) is 6.91. The number of thioether (sulfide) groups is 1. The maximum atomic E-state index is 11.8. The Morgan fingerprint density at radius 1 is 1.35 bits per heavy atom. The lowest BCUT2D eigenvalue weighted by molar-refractivity contribution is -0.139. The van der Waals surface area contributed by atoms with Crippen molar-refractivity contribution in [3.8, 4) is 11.5 Å². The smallest absolute Gasteiger partial charge is 0.311 e. The van der Waals surface area contributed by atoms with E-state index in [1.54, 1.807) is 6.07 Å². The third-order valence-corrected chi connectivity index (χ3v) is 4.79. The number of aromatic nitrogens is 2. The lowest BCUT2D eigenvalue weighted by atomic mass is 10.2. The van der Waals surface area contributed by atoms with Crippen molar-refractivity contribution >= 4 is 29.3 Å². The quantitative estimate of drug-likeness (QED) is 0.472. The maximum absolute atomic E-state index is 11.8. The third kappa shape index (κ3) is 4.70. The summed E-state index contributed by atoms with van der Waals surface area (Å²) in [5.74, 6) is 1.24. The van der Waals surface area contributed by atoms with E-state index >= 15 is 0 Å². The van der Waals surface area contributed by atoms with Gasteiger partial charge in [-0.3, -0.25) is 9.59 Å². The van der Waals surface area contributed by atoms with Gasteiger partial charge in [-0.05, 0) is 17.7 Å². The minimum Gasteiger partial charge on any atom is -0.489 e. The Balaban J connectivity index is 1.75. The van der Waals surface area contributed by atoms with Crippen molar-refractivity contribution in [2.45, 2.75) is 23.8 Å². The summed E-state index contributed by atoms with van der Waals surface area (Å²) in [6.45, 7) is 1.14. The Kier molecular flexibility index (Phi) is 6.05. The van der Waals surface area contributed by atoms with E-state index < -0.39 is 5.97 Å². The lowest BCUT2D eigenvalue weighted by Gasteiger charge is -2.11. The number of nitrogens with one attached hydrogen (secondary N) is 1. The fraction of sp³-hybridized carbons (Fsp3) is 0.353. The highest BCUT2D eigenvalue weighted by molar-refractivity contribution is 7.98. The summed E-state index contributed by atoms with van der Waals surface area (Å²) < 4.78 is 15.9. The molecule has 0 aliphatic carbocycles. The van der Waals surface area contributed by atoms with Crippen molar-refractivity contribution in [2.24, 2.45) is 0 Å². The molecule has 0 bridgehead atoms. The van der Waals surface area contributed by atoms with E-state index in [4.69, 9.17) is 21.1 Å². The van der Waals surface area contributed by atoms with Crippen LogP contribution in [0.15, 0.2) is 28.2 Å². The lowest BCUT2D eigenvalue weighted by Crippen LogP contribution is -2.13. The summed E-state index contributed by atoms with van der Waals surface area (Å²) >= 11 is 7.61. The van der Waals surface area contributed by atoms with Gasteiger partial charge in [0.15, 0.2) is 16.7 Å². The normalized spacial score (nSPS) is 13.2. The second kappa shape index (κ2) is 8.46. The van der Waals surface area contributed by atoms with Crippen molar-refractivity contribution in [3.05, 3.63) is 44.8 Å². The van der Waals surface area contributed by atoms with Gasteiger partial charge in [-0.2, -0.15) is 0 Å². The van der Waals surface area contributed by atoms with Crippen LogP contribution in [0.25, 0.3) is 0 Å². The molecular formula is C17H17ClN2O5S. The molecule has 9 heteroatoms. The number of carbonyl (C=O) groups is 1. The van der Waals surface area contributed by atoms with E-state index in [9.17, 15) is 9.59 Å². The first-order valence-corrected chi connectivity index (χ1v) is 9.29. The summed E-state index contributed by atoms with van der Waals surface area (Å²) in [6.07, 6.45) is 0.747. The second-order valence-electron chi connectivity index (χ2n) is 5.54. The maximum Gasteiger partial charge on any atom is 0.311 e. The van der Waals surface area contributed by atoms with Gasteiger partial charge >= 0.3 is 5.97 Å². The number of aromatic amines is 1. The third-order valence-electron chi connectivity index (χ3n) is 3.56. The molecule has 0 saturated heterocycles. The average Bonchev–Trinajstić information content (AvgIpc) is 2.85. The molecular weight excluding hydrogens is 380 g/mol. The van der Waals surface area contributed by atoms with Crippen molar-refractivity contribution in [1.82, 2.24) is 9.97 Å². The molecule has 0 atom stereocenters. The minimum absolute atomic E-state index is 0.0518. The molecule has 26 heavy (non-hydrogen) atoms. The Morgan fingerprint density at radius 2 is 2.15 bits per heavy atom. The SMILES string of the molecule is COC(=O)Cc1cc(=O)[nH]c(SCc2cc(Cl)c3c(c2)OCCCO3)n1. The van der Waals surface area contributed by atoms with Gasteiger partial charge in [0.2, 0.25) is 0 Å². The first-order chi connectivity index (χ1) is 12.5. The van der Waals surface area contributed by atoms with Crippen molar-refractivity contribution in [3.63, 3.8) is 0 Å². The highest BCUT2D eigenvalue weighted by Crippen LogP contribution is 2.39. The number of fused-ring (bicyclic) bond motifs is 1. The average molecular weight is 397 g/mol. The van der Waals surface area contributed by atoms with Crippen molar-refractivity contribution < 1.29 is 19.0 Å². The molecule has 2 aromatic rings. The molecule has 2 heterocycles. The summed E-state index contributed by atoms with van der Waals surface area (Å²) in [4.78, 5) is 30.1. The largest absolute Gasteiger partial charge is 0.489 e. The molecule has 0 unspecified atom stereocenters. The van der Waals surface area contributed by atoms with E-state index in [0.717, 1.165) is 12.0 Å². The molecule has 138 valence electrons. The van der Waals surface area contributed by atoms with Crippen LogP contribution in [-0.4, -0.2) is 36.3 Å². The first kappa shape index (κ1) is 18.6. The molecule has 0 fully saturated rings. The molecule has 0 radical (unpaired) electrons. The predicted octanol–water partition coefficient (Wildman–Crippen LogP) is 2.59. The number of ether oxygens (including phenoxy) is 3. The zero-order valence-electron chi connectivity index (χ0n) is 14.0. The van der Waals surface area contributed by atoms with Gasteiger partial charge < -0.3 is 19.2 Å². The molecule has 0 amide bonds.